The maximum absolute atomic E-state index is 11.4. The fourth-order valence-corrected chi connectivity index (χ4v) is 1.59. The molecule has 102 valence electrons. The van der Waals surface area contributed by atoms with E-state index in [-0.39, 0.29) is 18.3 Å². The van der Waals surface area contributed by atoms with Gasteiger partial charge >= 0.3 is 6.09 Å². The van der Waals surface area contributed by atoms with Crippen molar-refractivity contribution >= 4 is 11.8 Å². The molecule has 1 rings (SSSR count). The molecule has 0 aromatic heterocycles. The first-order valence-corrected chi connectivity index (χ1v) is 5.87. The monoisotopic (exact) mass is 264 g/mol. The number of amides is 1. The molecule has 1 atom stereocenters. The van der Waals surface area contributed by atoms with E-state index in [9.17, 15) is 14.9 Å². The molecule has 19 heavy (non-hydrogen) atoms. The zero-order valence-electron chi connectivity index (χ0n) is 10.7. The van der Waals surface area contributed by atoms with Crippen LogP contribution in [0.3, 0.4) is 0 Å². The first-order chi connectivity index (χ1) is 9.08. The summed E-state index contributed by atoms with van der Waals surface area (Å²) in [6, 6.07) is 5.71. The van der Waals surface area contributed by atoms with Gasteiger partial charge in [-0.1, -0.05) is 18.2 Å². The zero-order valence-corrected chi connectivity index (χ0v) is 10.7. The van der Waals surface area contributed by atoms with Crippen LogP contribution in [-0.4, -0.2) is 17.6 Å². The average Bonchev–Trinajstić information content (AvgIpc) is 2.38. The summed E-state index contributed by atoms with van der Waals surface area (Å²) in [6.07, 6.45) is 1.65. The van der Waals surface area contributed by atoms with Crippen LogP contribution in [0.15, 0.2) is 36.9 Å². The van der Waals surface area contributed by atoms with Gasteiger partial charge in [-0.15, -0.1) is 6.58 Å². The third kappa shape index (κ3) is 4.42. The molecule has 1 aromatic carbocycles. The highest BCUT2D eigenvalue weighted by atomic mass is 16.6. The minimum atomic E-state index is -0.521. The minimum absolute atomic E-state index is 0.0113. The van der Waals surface area contributed by atoms with E-state index in [0.717, 1.165) is 5.56 Å². The number of carbonyl (C=O) groups is 1. The highest BCUT2D eigenvalue weighted by molar-refractivity contribution is 5.67. The number of carbonyl (C=O) groups excluding carboxylic acids is 1. The topological polar surface area (TPSA) is 81.5 Å². The second kappa shape index (κ2) is 7.15. The summed E-state index contributed by atoms with van der Waals surface area (Å²) in [5, 5.41) is 13.3. The molecule has 0 bridgehead atoms. The number of nitrogens with zero attached hydrogens (tertiary/aromatic N) is 1. The van der Waals surface area contributed by atoms with Gasteiger partial charge in [0.2, 0.25) is 0 Å². The summed E-state index contributed by atoms with van der Waals surface area (Å²) in [5.74, 6) is 0. The minimum Gasteiger partial charge on any atom is -0.450 e. The van der Waals surface area contributed by atoms with Crippen molar-refractivity contribution in [2.24, 2.45) is 0 Å². The number of hydrogen-bond donors (Lipinski definition) is 1. The van der Waals surface area contributed by atoms with Gasteiger partial charge in [-0.3, -0.25) is 10.1 Å². The van der Waals surface area contributed by atoms with Gasteiger partial charge in [-0.25, -0.2) is 4.79 Å². The number of benzene rings is 1. The Balaban J connectivity index is 2.83. The number of nitrogens with one attached hydrogen (secondary N) is 1. The van der Waals surface area contributed by atoms with Gasteiger partial charge < -0.3 is 10.1 Å². The van der Waals surface area contributed by atoms with Crippen molar-refractivity contribution in [1.29, 1.82) is 0 Å². The predicted octanol–water partition coefficient (Wildman–Crippen LogP) is 2.96. The van der Waals surface area contributed by atoms with Crippen molar-refractivity contribution in [3.63, 3.8) is 0 Å². The van der Waals surface area contributed by atoms with Crippen molar-refractivity contribution in [1.82, 2.24) is 5.32 Å². The first-order valence-electron chi connectivity index (χ1n) is 5.87. The van der Waals surface area contributed by atoms with E-state index in [1.54, 1.807) is 25.1 Å². The van der Waals surface area contributed by atoms with Crippen LogP contribution in [0.2, 0.25) is 0 Å². The summed E-state index contributed by atoms with van der Waals surface area (Å²) in [4.78, 5) is 21.5. The number of ether oxygens (including phenoxy) is 1. The molecule has 0 heterocycles. The Morgan fingerprint density at radius 1 is 1.53 bits per heavy atom. The van der Waals surface area contributed by atoms with Crippen molar-refractivity contribution in [3.8, 4) is 0 Å². The Kier molecular flexibility index (Phi) is 5.53. The molecular weight excluding hydrogens is 248 g/mol. The molecule has 0 aliphatic heterocycles. The summed E-state index contributed by atoms with van der Waals surface area (Å²) in [5.41, 5.74) is 0.774. The molecule has 1 amide bonds. The molecule has 6 nitrogen and oxygen atoms in total. The molecule has 0 saturated heterocycles. The van der Waals surface area contributed by atoms with Gasteiger partial charge in [0, 0.05) is 12.1 Å². The lowest BCUT2D eigenvalue weighted by Crippen LogP contribution is -2.28. The highest BCUT2D eigenvalue weighted by Gasteiger charge is 2.15. The van der Waals surface area contributed by atoms with E-state index in [0.29, 0.717) is 6.42 Å². The Bertz CT molecular complexity index is 456. The molecule has 6 heteroatoms. The van der Waals surface area contributed by atoms with E-state index >= 15 is 0 Å². The number of rotatable bonds is 6. The van der Waals surface area contributed by atoms with Crippen LogP contribution in [0.5, 0.6) is 0 Å². The summed E-state index contributed by atoms with van der Waals surface area (Å²) >= 11 is 0. The predicted molar refractivity (Wildman–Crippen MR) is 70.8 cm³/mol. The van der Waals surface area contributed by atoms with Gasteiger partial charge in [-0.05, 0) is 18.9 Å². The standard InChI is InChI=1S/C13H16N2O4/c1-3-5-12(14-13(16)19-4-2)10-6-8-11(9-7-10)15(17)18/h3,6-9,12H,1,4-5H2,2H3,(H,14,16). The molecule has 0 fully saturated rings. The Labute approximate surface area is 111 Å². The van der Waals surface area contributed by atoms with Crippen LogP contribution in [0.4, 0.5) is 10.5 Å². The van der Waals surface area contributed by atoms with Gasteiger partial charge in [-0.2, -0.15) is 0 Å². The van der Waals surface area contributed by atoms with Crippen LogP contribution >= 0.6 is 0 Å². The molecule has 0 aliphatic carbocycles. The molecule has 1 N–H and O–H groups in total. The third-order valence-corrected chi connectivity index (χ3v) is 2.48. The maximum Gasteiger partial charge on any atom is 0.407 e. The van der Waals surface area contributed by atoms with Crippen molar-refractivity contribution in [3.05, 3.63) is 52.6 Å². The maximum atomic E-state index is 11.4. The zero-order chi connectivity index (χ0) is 14.3. The lowest BCUT2D eigenvalue weighted by molar-refractivity contribution is -0.384. The number of nitro benzene ring substituents is 1. The molecule has 0 saturated carbocycles. The van der Waals surface area contributed by atoms with Gasteiger partial charge in [0.05, 0.1) is 17.6 Å². The van der Waals surface area contributed by atoms with Crippen molar-refractivity contribution in [2.45, 2.75) is 19.4 Å². The Morgan fingerprint density at radius 3 is 2.63 bits per heavy atom. The smallest absolute Gasteiger partial charge is 0.407 e. The van der Waals surface area contributed by atoms with Gasteiger partial charge in [0.25, 0.3) is 5.69 Å². The van der Waals surface area contributed by atoms with E-state index in [4.69, 9.17) is 4.74 Å². The SMILES string of the molecule is C=CCC(NC(=O)OCC)c1ccc([N+](=O)[O-])cc1. The second-order valence-corrected chi connectivity index (χ2v) is 3.79. The average molecular weight is 264 g/mol. The van der Waals surface area contributed by atoms with E-state index in [1.165, 1.54) is 12.1 Å². The normalized spacial score (nSPS) is 11.4. The highest BCUT2D eigenvalue weighted by Crippen LogP contribution is 2.20. The van der Waals surface area contributed by atoms with Crippen LogP contribution in [0, 0.1) is 10.1 Å². The lowest BCUT2D eigenvalue weighted by Gasteiger charge is -2.17. The van der Waals surface area contributed by atoms with Crippen LogP contribution in [-0.2, 0) is 4.74 Å². The fourth-order valence-electron chi connectivity index (χ4n) is 1.59. The van der Waals surface area contributed by atoms with Crippen LogP contribution < -0.4 is 5.32 Å². The Hall–Kier alpha value is -2.37. The van der Waals surface area contributed by atoms with E-state index in [1.807, 2.05) is 0 Å². The van der Waals surface area contributed by atoms with Crippen LogP contribution in [0.25, 0.3) is 0 Å². The molecule has 0 spiro atoms. The number of nitro groups is 1. The van der Waals surface area contributed by atoms with Gasteiger partial charge in [0.1, 0.15) is 0 Å². The Morgan fingerprint density at radius 2 is 2.16 bits per heavy atom. The number of hydrogen-bond acceptors (Lipinski definition) is 4. The summed E-state index contributed by atoms with van der Waals surface area (Å²) in [6.45, 7) is 5.63. The lowest BCUT2D eigenvalue weighted by atomic mass is 10.0. The quantitative estimate of drug-likeness (QED) is 0.486. The van der Waals surface area contributed by atoms with E-state index in [2.05, 4.69) is 11.9 Å². The van der Waals surface area contributed by atoms with Crippen molar-refractivity contribution < 1.29 is 14.5 Å². The number of alkyl carbamates (subject to hydrolysis) is 1. The van der Waals surface area contributed by atoms with Gasteiger partial charge in [0.15, 0.2) is 0 Å². The molecule has 1 aromatic rings. The summed E-state index contributed by atoms with van der Waals surface area (Å²) in [7, 11) is 0. The largest absolute Gasteiger partial charge is 0.450 e. The second-order valence-electron chi connectivity index (χ2n) is 3.79. The molecular formula is C13H16N2O4. The van der Waals surface area contributed by atoms with E-state index < -0.39 is 11.0 Å². The van der Waals surface area contributed by atoms with Crippen molar-refractivity contribution in [2.75, 3.05) is 6.61 Å². The molecule has 0 radical (unpaired) electrons. The van der Waals surface area contributed by atoms with Crippen LogP contribution in [0.1, 0.15) is 24.9 Å². The first kappa shape index (κ1) is 14.7. The summed E-state index contributed by atoms with van der Waals surface area (Å²) < 4.78 is 4.81. The molecule has 1 unspecified atom stereocenters. The third-order valence-electron chi connectivity index (χ3n) is 2.48. The fraction of sp³-hybridized carbons (Fsp3) is 0.308. The number of non-ortho nitro benzene ring substituents is 1. The molecule has 0 aliphatic rings.